The normalized spacial score (nSPS) is 10.6. The summed E-state index contributed by atoms with van der Waals surface area (Å²) in [5.41, 5.74) is 3.42. The molecule has 0 spiro atoms. The Kier molecular flexibility index (Phi) is 3.29. The van der Waals surface area contributed by atoms with Crippen LogP contribution in [0.3, 0.4) is 0 Å². The molecule has 3 rings (SSSR count). The second-order valence-corrected chi connectivity index (χ2v) is 4.53. The molecule has 0 bridgehead atoms. The quantitative estimate of drug-likeness (QED) is 0.436. The van der Waals surface area contributed by atoms with Crippen LogP contribution in [0.25, 0.3) is 11.0 Å². The number of nitrogens with two attached hydrogens (primary N) is 1. The predicted octanol–water partition coefficient (Wildman–Crippen LogP) is 2.57. The zero-order valence-corrected chi connectivity index (χ0v) is 11.3. The SMILES string of the molecule is Cc1cc(=O)oc2cc(Oc3ccnc(NN)c3)ccc12. The van der Waals surface area contributed by atoms with Gasteiger partial charge in [-0.05, 0) is 30.7 Å². The van der Waals surface area contributed by atoms with Crippen LogP contribution in [-0.2, 0) is 0 Å². The number of fused-ring (bicyclic) bond motifs is 1. The molecule has 3 N–H and O–H groups in total. The number of nitrogens with one attached hydrogen (secondary N) is 1. The van der Waals surface area contributed by atoms with Gasteiger partial charge in [-0.25, -0.2) is 15.6 Å². The molecule has 106 valence electrons. The van der Waals surface area contributed by atoms with E-state index < -0.39 is 0 Å². The van der Waals surface area contributed by atoms with E-state index in [4.69, 9.17) is 15.0 Å². The van der Waals surface area contributed by atoms with Crippen molar-refractivity contribution in [3.63, 3.8) is 0 Å². The van der Waals surface area contributed by atoms with Gasteiger partial charge in [0.25, 0.3) is 0 Å². The molecule has 3 aromatic rings. The highest BCUT2D eigenvalue weighted by Gasteiger charge is 2.05. The summed E-state index contributed by atoms with van der Waals surface area (Å²) in [7, 11) is 0. The van der Waals surface area contributed by atoms with Crippen molar-refractivity contribution in [3.8, 4) is 11.5 Å². The molecule has 0 unspecified atom stereocenters. The third kappa shape index (κ3) is 2.70. The van der Waals surface area contributed by atoms with Gasteiger partial charge in [0.15, 0.2) is 0 Å². The molecule has 6 nitrogen and oxygen atoms in total. The summed E-state index contributed by atoms with van der Waals surface area (Å²) in [6, 6.07) is 10.2. The molecule has 0 aliphatic heterocycles. The van der Waals surface area contributed by atoms with Crippen molar-refractivity contribution in [2.45, 2.75) is 6.92 Å². The van der Waals surface area contributed by atoms with Crippen molar-refractivity contribution in [3.05, 3.63) is 58.6 Å². The second kappa shape index (κ2) is 5.26. The maximum Gasteiger partial charge on any atom is 0.336 e. The first kappa shape index (κ1) is 13.1. The van der Waals surface area contributed by atoms with Gasteiger partial charge in [0.1, 0.15) is 22.9 Å². The molecule has 0 aliphatic carbocycles. The molecule has 6 heteroatoms. The van der Waals surface area contributed by atoms with E-state index in [1.807, 2.05) is 19.1 Å². The number of hydrogen-bond donors (Lipinski definition) is 2. The molecule has 2 aromatic heterocycles. The van der Waals surface area contributed by atoms with Crippen molar-refractivity contribution in [2.24, 2.45) is 5.84 Å². The first-order valence-electron chi connectivity index (χ1n) is 6.31. The standard InChI is InChI=1S/C15H13N3O3/c1-9-6-15(19)21-13-7-10(2-3-12(9)13)20-11-4-5-17-14(8-11)18-16/h2-8H,16H2,1H3,(H,17,18). The number of anilines is 1. The monoisotopic (exact) mass is 283 g/mol. The second-order valence-electron chi connectivity index (χ2n) is 4.53. The van der Waals surface area contributed by atoms with Gasteiger partial charge in [0.2, 0.25) is 0 Å². The minimum atomic E-state index is -0.379. The highest BCUT2D eigenvalue weighted by atomic mass is 16.5. The van der Waals surface area contributed by atoms with Crippen molar-refractivity contribution < 1.29 is 9.15 Å². The molecule has 21 heavy (non-hydrogen) atoms. The fourth-order valence-electron chi connectivity index (χ4n) is 2.06. The van der Waals surface area contributed by atoms with Crippen LogP contribution in [0.4, 0.5) is 5.82 Å². The Hall–Kier alpha value is -2.86. The van der Waals surface area contributed by atoms with Gasteiger partial charge in [-0.1, -0.05) is 0 Å². The Morgan fingerprint density at radius 2 is 2.00 bits per heavy atom. The fraction of sp³-hybridized carbons (Fsp3) is 0.0667. The first-order valence-corrected chi connectivity index (χ1v) is 6.31. The summed E-state index contributed by atoms with van der Waals surface area (Å²) in [6.45, 7) is 1.86. The van der Waals surface area contributed by atoms with Gasteiger partial charge in [-0.15, -0.1) is 0 Å². The van der Waals surface area contributed by atoms with E-state index in [2.05, 4.69) is 10.4 Å². The predicted molar refractivity (Wildman–Crippen MR) is 79.3 cm³/mol. The van der Waals surface area contributed by atoms with Crippen molar-refractivity contribution >= 4 is 16.8 Å². The summed E-state index contributed by atoms with van der Waals surface area (Å²) in [5.74, 6) is 6.93. The number of nitrogen functional groups attached to an aromatic ring is 1. The lowest BCUT2D eigenvalue weighted by atomic mass is 10.1. The Balaban J connectivity index is 1.99. The average Bonchev–Trinajstić information content (AvgIpc) is 2.47. The molecule has 0 fully saturated rings. The van der Waals surface area contributed by atoms with Crippen LogP contribution >= 0.6 is 0 Å². The molecule has 0 atom stereocenters. The average molecular weight is 283 g/mol. The number of ether oxygens (including phenoxy) is 1. The number of nitrogens with zero attached hydrogens (tertiary/aromatic N) is 1. The Morgan fingerprint density at radius 3 is 2.81 bits per heavy atom. The molecule has 0 radical (unpaired) electrons. The van der Waals surface area contributed by atoms with Crippen LogP contribution < -0.4 is 21.6 Å². The smallest absolute Gasteiger partial charge is 0.336 e. The van der Waals surface area contributed by atoms with Crippen LogP contribution in [0.2, 0.25) is 0 Å². The summed E-state index contributed by atoms with van der Waals surface area (Å²) in [4.78, 5) is 15.4. The van der Waals surface area contributed by atoms with Crippen LogP contribution in [0.1, 0.15) is 5.56 Å². The van der Waals surface area contributed by atoms with Crippen LogP contribution in [-0.4, -0.2) is 4.98 Å². The first-order chi connectivity index (χ1) is 10.2. The maximum atomic E-state index is 11.4. The lowest BCUT2D eigenvalue weighted by Gasteiger charge is -2.08. The van der Waals surface area contributed by atoms with Gasteiger partial charge >= 0.3 is 5.63 Å². The number of hydrogen-bond acceptors (Lipinski definition) is 6. The molecular weight excluding hydrogens is 270 g/mol. The number of pyridine rings is 1. The topological polar surface area (TPSA) is 90.4 Å². The van der Waals surface area contributed by atoms with Gasteiger partial charge in [-0.3, -0.25) is 0 Å². The van der Waals surface area contributed by atoms with E-state index in [-0.39, 0.29) is 5.63 Å². The van der Waals surface area contributed by atoms with E-state index in [0.717, 1.165) is 10.9 Å². The minimum Gasteiger partial charge on any atom is -0.457 e. The van der Waals surface area contributed by atoms with Gasteiger partial charge in [0.05, 0.1) is 0 Å². The van der Waals surface area contributed by atoms with Gasteiger partial charge in [0, 0.05) is 29.8 Å². The summed E-state index contributed by atoms with van der Waals surface area (Å²) >= 11 is 0. The summed E-state index contributed by atoms with van der Waals surface area (Å²) < 4.78 is 10.9. The number of aromatic nitrogens is 1. The third-order valence-electron chi connectivity index (χ3n) is 3.04. The van der Waals surface area contributed by atoms with E-state index in [1.54, 1.807) is 24.4 Å². The van der Waals surface area contributed by atoms with Crippen molar-refractivity contribution in [2.75, 3.05) is 5.43 Å². The van der Waals surface area contributed by atoms with E-state index in [1.165, 1.54) is 6.07 Å². The zero-order chi connectivity index (χ0) is 14.8. The lowest BCUT2D eigenvalue weighted by molar-refractivity contribution is 0.480. The van der Waals surface area contributed by atoms with Crippen LogP contribution in [0.5, 0.6) is 11.5 Å². The van der Waals surface area contributed by atoms with E-state index in [0.29, 0.717) is 22.9 Å². The molecule has 0 aliphatic rings. The van der Waals surface area contributed by atoms with Crippen molar-refractivity contribution in [1.82, 2.24) is 4.98 Å². The molecule has 0 saturated heterocycles. The Bertz CT molecular complexity index is 858. The number of hydrazine groups is 1. The van der Waals surface area contributed by atoms with Crippen LogP contribution in [0.15, 0.2) is 51.8 Å². The van der Waals surface area contributed by atoms with Gasteiger partial charge < -0.3 is 14.6 Å². The fourth-order valence-corrected chi connectivity index (χ4v) is 2.06. The zero-order valence-electron chi connectivity index (χ0n) is 11.3. The highest BCUT2D eigenvalue weighted by molar-refractivity contribution is 5.81. The molecule has 1 aromatic carbocycles. The van der Waals surface area contributed by atoms with E-state index in [9.17, 15) is 4.79 Å². The highest BCUT2D eigenvalue weighted by Crippen LogP contribution is 2.27. The minimum absolute atomic E-state index is 0.379. The Labute approximate surface area is 120 Å². The number of benzene rings is 1. The Morgan fingerprint density at radius 1 is 1.19 bits per heavy atom. The largest absolute Gasteiger partial charge is 0.457 e. The third-order valence-corrected chi connectivity index (χ3v) is 3.04. The lowest BCUT2D eigenvalue weighted by Crippen LogP contribution is -2.08. The maximum absolute atomic E-state index is 11.4. The molecule has 0 saturated carbocycles. The summed E-state index contributed by atoms with van der Waals surface area (Å²) in [5, 5.41) is 0.876. The van der Waals surface area contributed by atoms with E-state index >= 15 is 0 Å². The summed E-state index contributed by atoms with van der Waals surface area (Å²) in [6.07, 6.45) is 1.58. The molecule has 0 amide bonds. The van der Waals surface area contributed by atoms with Crippen LogP contribution in [0, 0.1) is 6.92 Å². The van der Waals surface area contributed by atoms with Crippen molar-refractivity contribution in [1.29, 1.82) is 0 Å². The molecule has 2 heterocycles. The molecular formula is C15H13N3O3. The number of aryl methyl sites for hydroxylation is 1. The van der Waals surface area contributed by atoms with Gasteiger partial charge in [-0.2, -0.15) is 0 Å². The number of rotatable bonds is 3.